The van der Waals surface area contributed by atoms with Crippen LogP contribution in [0.4, 0.5) is 5.69 Å². The molecule has 0 aliphatic heterocycles. The Morgan fingerprint density at radius 3 is 1.57 bits per heavy atom. The van der Waals surface area contributed by atoms with Gasteiger partial charge in [0, 0.05) is 58.9 Å². The highest BCUT2D eigenvalue weighted by atomic mass is 15.1. The molecule has 150 valence electrons. The van der Waals surface area contributed by atoms with Gasteiger partial charge in [-0.3, -0.25) is 0 Å². The second-order valence-electron chi connectivity index (χ2n) is 8.34. The zero-order chi connectivity index (χ0) is 20.8. The van der Waals surface area contributed by atoms with Crippen LogP contribution >= 0.6 is 0 Å². The molecule has 3 heteroatoms. The van der Waals surface area contributed by atoms with Gasteiger partial charge in [0.15, 0.2) is 0 Å². The number of nitrogens with one attached hydrogen (secondary N) is 2. The Morgan fingerprint density at radius 1 is 0.633 bits per heavy atom. The Labute approximate surface area is 177 Å². The van der Waals surface area contributed by atoms with Crippen LogP contribution in [-0.4, -0.2) is 24.1 Å². The van der Waals surface area contributed by atoms with E-state index in [1.165, 1.54) is 55.6 Å². The van der Waals surface area contributed by atoms with Crippen molar-refractivity contribution in [2.45, 2.75) is 19.8 Å². The third-order valence-corrected chi connectivity index (χ3v) is 6.21. The molecule has 0 bridgehead atoms. The second kappa shape index (κ2) is 7.10. The molecule has 5 rings (SSSR count). The number of para-hydroxylation sites is 2. The molecular formula is C27H27N3. The Kier molecular flexibility index (Phi) is 4.39. The van der Waals surface area contributed by atoms with Crippen molar-refractivity contribution < 1.29 is 0 Å². The number of benzene rings is 3. The van der Waals surface area contributed by atoms with Crippen LogP contribution in [0.3, 0.4) is 0 Å². The molecular weight excluding hydrogens is 366 g/mol. The van der Waals surface area contributed by atoms with Crippen LogP contribution in [0.1, 0.15) is 34.0 Å². The third-order valence-electron chi connectivity index (χ3n) is 6.21. The number of H-pyrrole nitrogens is 2. The maximum absolute atomic E-state index is 3.62. The maximum atomic E-state index is 3.62. The monoisotopic (exact) mass is 393 g/mol. The zero-order valence-corrected chi connectivity index (χ0v) is 18.0. The van der Waals surface area contributed by atoms with Gasteiger partial charge in [-0.2, -0.15) is 0 Å². The smallest absolute Gasteiger partial charge is 0.0459 e. The normalized spacial score (nSPS) is 11.6. The maximum Gasteiger partial charge on any atom is 0.0459 e. The van der Waals surface area contributed by atoms with E-state index in [0.29, 0.717) is 0 Å². The number of aryl methyl sites for hydroxylation is 2. The fourth-order valence-electron chi connectivity index (χ4n) is 4.78. The molecule has 5 aromatic rings. The number of anilines is 1. The standard InChI is InChI=1S/C27H27N3/c1-17-25(21-9-5-7-11-23(21)28-17)27(19-13-15-20(16-14-19)30(3)4)26-18(2)29-24-12-8-6-10-22(24)26/h5-16,27-29H,1-4H3. The van der Waals surface area contributed by atoms with Crippen molar-refractivity contribution in [2.75, 3.05) is 19.0 Å². The summed E-state index contributed by atoms with van der Waals surface area (Å²) in [4.78, 5) is 9.38. The first kappa shape index (κ1) is 18.6. The summed E-state index contributed by atoms with van der Waals surface area (Å²) >= 11 is 0. The van der Waals surface area contributed by atoms with Crippen LogP contribution in [0.25, 0.3) is 21.8 Å². The lowest BCUT2D eigenvalue weighted by Gasteiger charge is -2.21. The number of hydrogen-bond acceptors (Lipinski definition) is 1. The first-order valence-electron chi connectivity index (χ1n) is 10.5. The third kappa shape index (κ3) is 2.89. The minimum atomic E-state index is 0.147. The largest absolute Gasteiger partial charge is 0.378 e. The molecule has 0 radical (unpaired) electrons. The van der Waals surface area contributed by atoms with E-state index < -0.39 is 0 Å². The molecule has 2 aromatic heterocycles. The van der Waals surface area contributed by atoms with Crippen molar-refractivity contribution in [2.24, 2.45) is 0 Å². The molecule has 0 aliphatic carbocycles. The number of fused-ring (bicyclic) bond motifs is 2. The average molecular weight is 394 g/mol. The topological polar surface area (TPSA) is 34.8 Å². The lowest BCUT2D eigenvalue weighted by Crippen LogP contribution is -2.10. The van der Waals surface area contributed by atoms with Gasteiger partial charge >= 0.3 is 0 Å². The number of rotatable bonds is 4. The predicted molar refractivity (Wildman–Crippen MR) is 128 cm³/mol. The lowest BCUT2D eigenvalue weighted by molar-refractivity contribution is 0.960. The van der Waals surface area contributed by atoms with Crippen LogP contribution < -0.4 is 4.90 Å². The van der Waals surface area contributed by atoms with E-state index in [2.05, 4.69) is 116 Å². The second-order valence-corrected chi connectivity index (χ2v) is 8.34. The molecule has 0 aliphatic rings. The van der Waals surface area contributed by atoms with E-state index in [4.69, 9.17) is 0 Å². The van der Waals surface area contributed by atoms with Gasteiger partial charge in [-0.25, -0.2) is 0 Å². The minimum absolute atomic E-state index is 0.147. The van der Waals surface area contributed by atoms with Crippen LogP contribution in [-0.2, 0) is 0 Å². The predicted octanol–water partition coefficient (Wildman–Crippen LogP) is 6.51. The van der Waals surface area contributed by atoms with Gasteiger partial charge in [-0.15, -0.1) is 0 Å². The molecule has 0 spiro atoms. The van der Waals surface area contributed by atoms with Gasteiger partial charge in [0.1, 0.15) is 0 Å². The summed E-state index contributed by atoms with van der Waals surface area (Å²) in [6, 6.07) is 26.3. The molecule has 0 saturated carbocycles. The quantitative estimate of drug-likeness (QED) is 0.358. The summed E-state index contributed by atoms with van der Waals surface area (Å²) in [7, 11) is 4.17. The van der Waals surface area contributed by atoms with Gasteiger partial charge < -0.3 is 14.9 Å². The van der Waals surface area contributed by atoms with Crippen molar-refractivity contribution in [3.63, 3.8) is 0 Å². The molecule has 0 fully saturated rings. The fraction of sp³-hybridized carbons (Fsp3) is 0.185. The van der Waals surface area contributed by atoms with Crippen molar-refractivity contribution in [1.82, 2.24) is 9.97 Å². The van der Waals surface area contributed by atoms with E-state index >= 15 is 0 Å². The highest BCUT2D eigenvalue weighted by Crippen LogP contribution is 2.42. The number of aromatic nitrogens is 2. The van der Waals surface area contributed by atoms with Crippen molar-refractivity contribution in [3.8, 4) is 0 Å². The average Bonchev–Trinajstić information content (AvgIpc) is 3.25. The van der Waals surface area contributed by atoms with Crippen molar-refractivity contribution in [1.29, 1.82) is 0 Å². The first-order chi connectivity index (χ1) is 14.5. The van der Waals surface area contributed by atoms with Crippen molar-refractivity contribution in [3.05, 3.63) is 101 Å². The molecule has 3 nitrogen and oxygen atoms in total. The summed E-state index contributed by atoms with van der Waals surface area (Å²) in [6.45, 7) is 4.39. The van der Waals surface area contributed by atoms with E-state index in [-0.39, 0.29) is 5.92 Å². The Hall–Kier alpha value is -3.46. The Balaban J connectivity index is 1.82. The highest BCUT2D eigenvalue weighted by Gasteiger charge is 2.27. The van der Waals surface area contributed by atoms with Gasteiger partial charge in [-0.1, -0.05) is 48.5 Å². The minimum Gasteiger partial charge on any atom is -0.378 e. The van der Waals surface area contributed by atoms with Crippen molar-refractivity contribution >= 4 is 27.5 Å². The van der Waals surface area contributed by atoms with E-state index in [0.717, 1.165) is 0 Å². The number of hydrogen-bond donors (Lipinski definition) is 2. The summed E-state index contributed by atoms with van der Waals surface area (Å²) in [6.07, 6.45) is 0. The summed E-state index contributed by atoms with van der Waals surface area (Å²) in [5, 5.41) is 2.59. The van der Waals surface area contributed by atoms with Gasteiger partial charge in [0.05, 0.1) is 0 Å². The Bertz CT molecular complexity index is 1260. The molecule has 0 unspecified atom stereocenters. The molecule has 3 aromatic carbocycles. The van der Waals surface area contributed by atoms with Gasteiger partial charge in [-0.05, 0) is 54.8 Å². The van der Waals surface area contributed by atoms with Crippen LogP contribution in [0.2, 0.25) is 0 Å². The zero-order valence-electron chi connectivity index (χ0n) is 18.0. The van der Waals surface area contributed by atoms with Crippen LogP contribution in [0.5, 0.6) is 0 Å². The molecule has 30 heavy (non-hydrogen) atoms. The summed E-state index contributed by atoms with van der Waals surface area (Å²) in [5.41, 5.74) is 10.1. The van der Waals surface area contributed by atoms with Gasteiger partial charge in [0.25, 0.3) is 0 Å². The first-order valence-corrected chi connectivity index (χ1v) is 10.5. The van der Waals surface area contributed by atoms with Crippen LogP contribution in [0.15, 0.2) is 72.8 Å². The van der Waals surface area contributed by atoms with Gasteiger partial charge in [0.2, 0.25) is 0 Å². The molecule has 2 N–H and O–H groups in total. The number of aromatic amines is 2. The van der Waals surface area contributed by atoms with E-state index in [9.17, 15) is 0 Å². The summed E-state index contributed by atoms with van der Waals surface area (Å²) < 4.78 is 0. The molecule has 0 amide bonds. The molecule has 0 saturated heterocycles. The number of nitrogens with zero attached hydrogens (tertiary/aromatic N) is 1. The highest BCUT2D eigenvalue weighted by molar-refractivity contribution is 5.90. The van der Waals surface area contributed by atoms with E-state index in [1.54, 1.807) is 0 Å². The summed E-state index contributed by atoms with van der Waals surface area (Å²) in [5.74, 6) is 0.147. The molecule has 2 heterocycles. The van der Waals surface area contributed by atoms with E-state index in [1.807, 2.05) is 0 Å². The van der Waals surface area contributed by atoms with Crippen LogP contribution in [0, 0.1) is 13.8 Å². The molecule has 0 atom stereocenters. The Morgan fingerprint density at radius 2 is 1.10 bits per heavy atom. The SMILES string of the molecule is Cc1[nH]c2ccccc2c1C(c1ccc(N(C)C)cc1)c1c(C)[nH]c2ccccc12. The fourth-order valence-corrected chi connectivity index (χ4v) is 4.78. The lowest BCUT2D eigenvalue weighted by atomic mass is 9.82.